The molecule has 296 valence electrons. The summed E-state index contributed by atoms with van der Waals surface area (Å²) in [5.74, 6) is 0. The van der Waals surface area contributed by atoms with Crippen molar-refractivity contribution < 1.29 is 0 Å². The van der Waals surface area contributed by atoms with E-state index in [4.69, 9.17) is 0 Å². The Morgan fingerprint density at radius 2 is 0.683 bits per heavy atom. The van der Waals surface area contributed by atoms with Crippen molar-refractivity contribution in [1.29, 1.82) is 0 Å². The van der Waals surface area contributed by atoms with Crippen molar-refractivity contribution in [3.63, 3.8) is 0 Å². The molecule has 0 aliphatic carbocycles. The van der Waals surface area contributed by atoms with Crippen LogP contribution in [0.3, 0.4) is 0 Å². The lowest BCUT2D eigenvalue weighted by Crippen LogP contribution is -2.09. The third kappa shape index (κ3) is 6.67. The van der Waals surface area contributed by atoms with E-state index in [2.05, 4.69) is 252 Å². The minimum absolute atomic E-state index is 1.09. The second-order valence-corrected chi connectivity index (χ2v) is 17.2. The van der Waals surface area contributed by atoms with Crippen LogP contribution in [-0.2, 0) is 0 Å². The molecular weight excluding hydrogens is 781 g/mol. The summed E-state index contributed by atoms with van der Waals surface area (Å²) in [6.45, 7) is 0. The van der Waals surface area contributed by atoms with Gasteiger partial charge in [0.05, 0.1) is 11.0 Å². The van der Waals surface area contributed by atoms with Crippen molar-refractivity contribution in [3.05, 3.63) is 243 Å². The summed E-state index contributed by atoms with van der Waals surface area (Å²) in [5, 5.41) is 5.15. The molecular formula is C60H40N2S. The number of aromatic nitrogens is 1. The quantitative estimate of drug-likeness (QED) is 0.148. The van der Waals surface area contributed by atoms with E-state index >= 15 is 0 Å². The number of para-hydroxylation sites is 2. The van der Waals surface area contributed by atoms with E-state index in [-0.39, 0.29) is 0 Å². The maximum atomic E-state index is 2.38. The van der Waals surface area contributed by atoms with E-state index in [0.717, 1.165) is 22.7 Å². The Morgan fingerprint density at radius 1 is 0.270 bits per heavy atom. The van der Waals surface area contributed by atoms with Crippen LogP contribution in [0, 0.1) is 0 Å². The predicted molar refractivity (Wildman–Crippen MR) is 270 cm³/mol. The first kappa shape index (κ1) is 36.8. The van der Waals surface area contributed by atoms with E-state index in [1.54, 1.807) is 0 Å². The van der Waals surface area contributed by atoms with Gasteiger partial charge in [-0.2, -0.15) is 0 Å². The average molecular weight is 821 g/mol. The summed E-state index contributed by atoms with van der Waals surface area (Å²) in [7, 11) is 0. The second-order valence-electron chi connectivity index (χ2n) is 16.1. The van der Waals surface area contributed by atoms with Crippen LogP contribution < -0.4 is 4.90 Å². The molecule has 63 heavy (non-hydrogen) atoms. The average Bonchev–Trinajstić information content (AvgIpc) is 3.90. The summed E-state index contributed by atoms with van der Waals surface area (Å²) in [6.07, 6.45) is 0. The van der Waals surface area contributed by atoms with Gasteiger partial charge in [-0.25, -0.2) is 0 Å². The fourth-order valence-electron chi connectivity index (χ4n) is 9.25. The smallest absolute Gasteiger partial charge is 0.0547 e. The monoisotopic (exact) mass is 820 g/mol. The summed E-state index contributed by atoms with van der Waals surface area (Å²) >= 11 is 1.86. The summed E-state index contributed by atoms with van der Waals surface area (Å²) in [4.78, 5) is 2.36. The highest BCUT2D eigenvalue weighted by Crippen LogP contribution is 2.41. The minimum atomic E-state index is 1.09. The fraction of sp³-hybridized carbons (Fsp3) is 0. The molecule has 2 aromatic heterocycles. The zero-order valence-electron chi connectivity index (χ0n) is 34.4. The van der Waals surface area contributed by atoms with E-state index in [1.165, 1.54) is 86.5 Å². The summed E-state index contributed by atoms with van der Waals surface area (Å²) in [6, 6.07) is 88.3. The van der Waals surface area contributed by atoms with Crippen molar-refractivity contribution in [3.8, 4) is 50.2 Å². The van der Waals surface area contributed by atoms with Crippen LogP contribution in [0.15, 0.2) is 243 Å². The van der Waals surface area contributed by atoms with Gasteiger partial charge >= 0.3 is 0 Å². The standard InChI is InChI=1S/C60H40N2S/c1-3-11-41(12-4-1)42-19-21-43(22-20-42)44-23-31-50(32-24-44)61(51-33-25-45(26-34-51)47-30-38-60-56(39-47)55-16-8-10-18-59(55)63-60)52-35-27-46(28-36-52)48-29-37-54-53-15-7-9-17-57(53)62(58(54)40-48)49-13-5-2-6-14-49/h1-40H. The molecule has 3 heteroatoms. The molecule has 10 aromatic carbocycles. The molecule has 0 unspecified atom stereocenters. The number of rotatable bonds is 8. The van der Waals surface area contributed by atoms with Crippen LogP contribution in [-0.4, -0.2) is 4.57 Å². The van der Waals surface area contributed by atoms with E-state index in [1.807, 2.05) is 11.3 Å². The summed E-state index contributed by atoms with van der Waals surface area (Å²) < 4.78 is 5.03. The predicted octanol–water partition coefficient (Wildman–Crippen LogP) is 17.3. The van der Waals surface area contributed by atoms with Gasteiger partial charge in [-0.3, -0.25) is 0 Å². The van der Waals surface area contributed by atoms with Crippen molar-refractivity contribution >= 4 is 70.4 Å². The Labute approximate surface area is 370 Å². The van der Waals surface area contributed by atoms with Crippen LogP contribution in [0.25, 0.3) is 92.2 Å². The van der Waals surface area contributed by atoms with Crippen LogP contribution >= 0.6 is 11.3 Å². The maximum Gasteiger partial charge on any atom is 0.0547 e. The molecule has 2 heterocycles. The lowest BCUT2D eigenvalue weighted by molar-refractivity contribution is 1.18. The molecule has 12 rings (SSSR count). The van der Waals surface area contributed by atoms with Crippen LogP contribution in [0.2, 0.25) is 0 Å². The van der Waals surface area contributed by atoms with Gasteiger partial charge in [0.1, 0.15) is 0 Å². The van der Waals surface area contributed by atoms with Gasteiger partial charge in [0.2, 0.25) is 0 Å². The number of hydrogen-bond donors (Lipinski definition) is 0. The van der Waals surface area contributed by atoms with Crippen molar-refractivity contribution in [2.75, 3.05) is 4.90 Å². The molecule has 0 radical (unpaired) electrons. The van der Waals surface area contributed by atoms with Gasteiger partial charge in [-0.05, 0) is 123 Å². The third-order valence-electron chi connectivity index (χ3n) is 12.4. The van der Waals surface area contributed by atoms with Crippen LogP contribution in [0.1, 0.15) is 0 Å². The Hall–Kier alpha value is -7.98. The van der Waals surface area contributed by atoms with E-state index in [0.29, 0.717) is 0 Å². The number of anilines is 3. The molecule has 0 fully saturated rings. The van der Waals surface area contributed by atoms with E-state index < -0.39 is 0 Å². The highest BCUT2D eigenvalue weighted by atomic mass is 32.1. The molecule has 2 nitrogen and oxygen atoms in total. The third-order valence-corrected chi connectivity index (χ3v) is 13.6. The van der Waals surface area contributed by atoms with Gasteiger partial charge in [-0.1, -0.05) is 164 Å². The minimum Gasteiger partial charge on any atom is -0.311 e. The topological polar surface area (TPSA) is 8.17 Å². The number of hydrogen-bond acceptors (Lipinski definition) is 2. The number of fused-ring (bicyclic) bond motifs is 6. The molecule has 0 spiro atoms. The summed E-state index contributed by atoms with van der Waals surface area (Å²) in [5.41, 5.74) is 16.5. The molecule has 0 amide bonds. The Morgan fingerprint density at radius 3 is 1.30 bits per heavy atom. The zero-order valence-corrected chi connectivity index (χ0v) is 35.2. The van der Waals surface area contributed by atoms with Gasteiger partial charge in [-0.15, -0.1) is 11.3 Å². The molecule has 0 saturated heterocycles. The highest BCUT2D eigenvalue weighted by molar-refractivity contribution is 7.25. The van der Waals surface area contributed by atoms with Gasteiger partial charge in [0.25, 0.3) is 0 Å². The van der Waals surface area contributed by atoms with Crippen molar-refractivity contribution in [1.82, 2.24) is 4.57 Å². The molecule has 0 N–H and O–H groups in total. The van der Waals surface area contributed by atoms with Crippen molar-refractivity contribution in [2.24, 2.45) is 0 Å². The molecule has 0 atom stereocenters. The highest BCUT2D eigenvalue weighted by Gasteiger charge is 2.17. The van der Waals surface area contributed by atoms with E-state index in [9.17, 15) is 0 Å². The van der Waals surface area contributed by atoms with Crippen LogP contribution in [0.5, 0.6) is 0 Å². The normalized spacial score (nSPS) is 11.5. The number of thiophene rings is 1. The van der Waals surface area contributed by atoms with Gasteiger partial charge in [0, 0.05) is 53.7 Å². The Bertz CT molecular complexity index is 3570. The SMILES string of the molecule is c1ccc(-c2ccc(-c3ccc(N(c4ccc(-c5ccc6sc7ccccc7c6c5)cc4)c4ccc(-c5ccc6c7ccccc7n(-c7ccccc7)c6c5)cc4)cc3)cc2)cc1. The molecule has 0 saturated carbocycles. The largest absolute Gasteiger partial charge is 0.311 e. The molecule has 0 aliphatic rings. The Balaban J connectivity index is 0.912. The lowest BCUT2D eigenvalue weighted by Gasteiger charge is -2.26. The number of benzene rings is 10. The zero-order chi connectivity index (χ0) is 41.7. The lowest BCUT2D eigenvalue weighted by atomic mass is 9.99. The second kappa shape index (κ2) is 15.5. The first-order valence-electron chi connectivity index (χ1n) is 21.5. The molecule has 0 bridgehead atoms. The maximum absolute atomic E-state index is 2.38. The van der Waals surface area contributed by atoms with Gasteiger partial charge in [0.15, 0.2) is 0 Å². The Kier molecular flexibility index (Phi) is 9.06. The molecule has 0 aliphatic heterocycles. The molecule has 12 aromatic rings. The van der Waals surface area contributed by atoms with Gasteiger partial charge < -0.3 is 9.47 Å². The number of nitrogens with zero attached hydrogens (tertiary/aromatic N) is 2. The van der Waals surface area contributed by atoms with Crippen molar-refractivity contribution in [2.45, 2.75) is 0 Å². The first-order valence-corrected chi connectivity index (χ1v) is 22.3. The first-order chi connectivity index (χ1) is 31.2. The fourth-order valence-corrected chi connectivity index (χ4v) is 10.3. The van der Waals surface area contributed by atoms with Crippen LogP contribution in [0.4, 0.5) is 17.1 Å².